The van der Waals surface area contributed by atoms with Crippen molar-refractivity contribution in [3.05, 3.63) is 59.9 Å². The van der Waals surface area contributed by atoms with Crippen LogP contribution in [0.5, 0.6) is 5.75 Å². The third-order valence-electron chi connectivity index (χ3n) is 4.59. The van der Waals surface area contributed by atoms with Crippen LogP contribution in [0.4, 0.5) is 10.1 Å². The van der Waals surface area contributed by atoms with E-state index in [2.05, 4.69) is 15.5 Å². The van der Waals surface area contributed by atoms with Crippen LogP contribution >= 0.6 is 0 Å². The molecule has 1 aliphatic rings. The van der Waals surface area contributed by atoms with E-state index < -0.39 is 0 Å². The van der Waals surface area contributed by atoms with Crippen molar-refractivity contribution in [2.45, 2.75) is 12.5 Å². The van der Waals surface area contributed by atoms with E-state index in [4.69, 9.17) is 4.74 Å². The van der Waals surface area contributed by atoms with Crippen molar-refractivity contribution in [3.8, 4) is 5.75 Å². The minimum Gasteiger partial charge on any atom is -0.497 e. The third-order valence-corrected chi connectivity index (χ3v) is 4.59. The Morgan fingerprint density at radius 1 is 1.31 bits per heavy atom. The highest BCUT2D eigenvalue weighted by Gasteiger charge is 2.24. The van der Waals surface area contributed by atoms with Crippen LogP contribution in [-0.4, -0.2) is 44.1 Å². The van der Waals surface area contributed by atoms with E-state index in [0.29, 0.717) is 13.0 Å². The van der Waals surface area contributed by atoms with Crippen LogP contribution in [0.25, 0.3) is 0 Å². The topological polar surface area (TPSA) is 53.6 Å². The predicted octanol–water partition coefficient (Wildman–Crippen LogP) is 2.81. The molecule has 0 spiro atoms. The smallest absolute Gasteiger partial charge is 0.225 e. The Balaban J connectivity index is 1.56. The number of carbonyl (C=O) groups is 1. The number of anilines is 1. The number of hydrogen-bond acceptors (Lipinski definition) is 4. The lowest BCUT2D eigenvalue weighted by Crippen LogP contribution is -2.46. The monoisotopic (exact) mass is 357 g/mol. The normalized spacial score (nSPS) is 17.7. The van der Waals surface area contributed by atoms with E-state index >= 15 is 0 Å². The van der Waals surface area contributed by atoms with Gasteiger partial charge >= 0.3 is 0 Å². The second kappa shape index (κ2) is 8.78. The van der Waals surface area contributed by atoms with Gasteiger partial charge in [0.15, 0.2) is 0 Å². The van der Waals surface area contributed by atoms with Gasteiger partial charge in [-0.25, -0.2) is 4.39 Å². The zero-order valence-corrected chi connectivity index (χ0v) is 14.9. The van der Waals surface area contributed by atoms with Crippen molar-refractivity contribution >= 4 is 11.6 Å². The van der Waals surface area contributed by atoms with E-state index in [-0.39, 0.29) is 17.8 Å². The molecule has 1 amide bonds. The summed E-state index contributed by atoms with van der Waals surface area (Å²) >= 11 is 0. The number of nitrogens with zero attached hydrogens (tertiary/aromatic N) is 1. The quantitative estimate of drug-likeness (QED) is 0.835. The molecule has 1 heterocycles. The van der Waals surface area contributed by atoms with Gasteiger partial charge in [-0.1, -0.05) is 12.1 Å². The summed E-state index contributed by atoms with van der Waals surface area (Å²) in [4.78, 5) is 14.5. The van der Waals surface area contributed by atoms with Crippen LogP contribution in [-0.2, 0) is 4.79 Å². The third kappa shape index (κ3) is 4.80. The first-order valence-corrected chi connectivity index (χ1v) is 8.80. The standard InChI is InChI=1S/C20H24FN3O2/c1-26-18-7-5-17(6-8-18)23-20(25)9-11-24-12-10-22-14-19(24)15-3-2-4-16(21)13-15/h2-8,13,19,22H,9-12,14H2,1H3,(H,23,25). The molecule has 0 aromatic heterocycles. The number of methoxy groups -OCH3 is 1. The highest BCUT2D eigenvalue weighted by Crippen LogP contribution is 2.23. The molecule has 0 bridgehead atoms. The maximum absolute atomic E-state index is 13.5. The van der Waals surface area contributed by atoms with Crippen molar-refractivity contribution in [3.63, 3.8) is 0 Å². The number of piperazine rings is 1. The zero-order chi connectivity index (χ0) is 18.4. The predicted molar refractivity (Wildman–Crippen MR) is 99.8 cm³/mol. The summed E-state index contributed by atoms with van der Waals surface area (Å²) in [5.41, 5.74) is 1.69. The van der Waals surface area contributed by atoms with Gasteiger partial charge in [-0.3, -0.25) is 9.69 Å². The maximum Gasteiger partial charge on any atom is 0.225 e. The molecule has 2 aromatic rings. The van der Waals surface area contributed by atoms with E-state index in [0.717, 1.165) is 36.6 Å². The second-order valence-electron chi connectivity index (χ2n) is 6.34. The molecule has 2 N–H and O–H groups in total. The first-order chi connectivity index (χ1) is 12.7. The molecule has 1 fully saturated rings. The fourth-order valence-corrected chi connectivity index (χ4v) is 3.20. The van der Waals surface area contributed by atoms with Gasteiger partial charge in [0.1, 0.15) is 11.6 Å². The summed E-state index contributed by atoms with van der Waals surface area (Å²) in [6.07, 6.45) is 0.387. The zero-order valence-electron chi connectivity index (χ0n) is 14.9. The van der Waals surface area contributed by atoms with Gasteiger partial charge in [-0.15, -0.1) is 0 Å². The number of nitrogens with one attached hydrogen (secondary N) is 2. The Bertz CT molecular complexity index is 736. The van der Waals surface area contributed by atoms with Crippen LogP contribution in [0, 0.1) is 5.82 Å². The molecule has 0 radical (unpaired) electrons. The molecule has 3 rings (SSSR count). The molecular formula is C20H24FN3O2. The highest BCUT2D eigenvalue weighted by molar-refractivity contribution is 5.90. The molecule has 5 nitrogen and oxygen atoms in total. The lowest BCUT2D eigenvalue weighted by atomic mass is 10.0. The van der Waals surface area contributed by atoms with E-state index in [1.165, 1.54) is 6.07 Å². The van der Waals surface area contributed by atoms with Gasteiger partial charge in [-0.2, -0.15) is 0 Å². The second-order valence-corrected chi connectivity index (χ2v) is 6.34. The number of ether oxygens (including phenoxy) is 1. The fraction of sp³-hybridized carbons (Fsp3) is 0.350. The van der Waals surface area contributed by atoms with Crippen molar-refractivity contribution in [2.75, 3.05) is 38.6 Å². The summed E-state index contributed by atoms with van der Waals surface area (Å²) in [7, 11) is 1.61. The molecule has 1 saturated heterocycles. The fourth-order valence-electron chi connectivity index (χ4n) is 3.20. The van der Waals surface area contributed by atoms with E-state index in [9.17, 15) is 9.18 Å². The number of benzene rings is 2. The summed E-state index contributed by atoms with van der Waals surface area (Å²) in [5, 5.41) is 6.24. The number of hydrogen-bond donors (Lipinski definition) is 2. The van der Waals surface area contributed by atoms with Crippen molar-refractivity contribution in [1.29, 1.82) is 0 Å². The maximum atomic E-state index is 13.5. The van der Waals surface area contributed by atoms with Crippen molar-refractivity contribution in [2.24, 2.45) is 0 Å². The van der Waals surface area contributed by atoms with Crippen LogP contribution in [0.2, 0.25) is 0 Å². The first-order valence-electron chi connectivity index (χ1n) is 8.80. The Morgan fingerprint density at radius 2 is 2.12 bits per heavy atom. The average molecular weight is 357 g/mol. The molecule has 1 unspecified atom stereocenters. The highest BCUT2D eigenvalue weighted by atomic mass is 19.1. The number of rotatable bonds is 6. The number of carbonyl (C=O) groups excluding carboxylic acids is 1. The molecule has 1 aliphatic heterocycles. The number of halogens is 1. The summed E-state index contributed by atoms with van der Waals surface area (Å²) in [6, 6.07) is 14.0. The molecule has 0 saturated carbocycles. The lowest BCUT2D eigenvalue weighted by molar-refractivity contribution is -0.116. The molecule has 2 aromatic carbocycles. The van der Waals surface area contributed by atoms with Crippen LogP contribution in [0.1, 0.15) is 18.0 Å². The van der Waals surface area contributed by atoms with Gasteiger partial charge in [0, 0.05) is 44.3 Å². The lowest BCUT2D eigenvalue weighted by Gasteiger charge is -2.36. The molecule has 138 valence electrons. The van der Waals surface area contributed by atoms with Gasteiger partial charge in [0.2, 0.25) is 5.91 Å². The average Bonchev–Trinajstić information content (AvgIpc) is 2.67. The number of amides is 1. The van der Waals surface area contributed by atoms with Crippen molar-refractivity contribution in [1.82, 2.24) is 10.2 Å². The molecule has 0 aliphatic carbocycles. The van der Waals surface area contributed by atoms with Crippen molar-refractivity contribution < 1.29 is 13.9 Å². The minimum absolute atomic E-state index is 0.0355. The van der Waals surface area contributed by atoms with Crippen LogP contribution in [0.3, 0.4) is 0 Å². The Kier molecular flexibility index (Phi) is 6.20. The SMILES string of the molecule is COc1ccc(NC(=O)CCN2CCNCC2c2cccc(F)c2)cc1. The summed E-state index contributed by atoms with van der Waals surface area (Å²) in [5.74, 6) is 0.485. The molecule has 6 heteroatoms. The molecule has 26 heavy (non-hydrogen) atoms. The van der Waals surface area contributed by atoms with Crippen LogP contribution in [0.15, 0.2) is 48.5 Å². The first kappa shape index (κ1) is 18.4. The van der Waals surface area contributed by atoms with Gasteiger partial charge < -0.3 is 15.4 Å². The minimum atomic E-state index is -0.231. The van der Waals surface area contributed by atoms with E-state index in [1.54, 1.807) is 19.2 Å². The van der Waals surface area contributed by atoms with E-state index in [1.807, 2.05) is 30.3 Å². The Morgan fingerprint density at radius 3 is 2.85 bits per heavy atom. The van der Waals surface area contributed by atoms with Gasteiger partial charge in [0.05, 0.1) is 7.11 Å². The summed E-state index contributed by atoms with van der Waals surface area (Å²) < 4.78 is 18.7. The Hall–Kier alpha value is -2.44. The Labute approximate surface area is 153 Å². The van der Waals surface area contributed by atoms with Gasteiger partial charge in [0.25, 0.3) is 0 Å². The van der Waals surface area contributed by atoms with Crippen LogP contribution < -0.4 is 15.4 Å². The van der Waals surface area contributed by atoms with Gasteiger partial charge in [-0.05, 0) is 42.0 Å². The summed E-state index contributed by atoms with van der Waals surface area (Å²) in [6.45, 7) is 3.08. The largest absolute Gasteiger partial charge is 0.497 e. The molecule has 1 atom stereocenters. The molecular weight excluding hydrogens is 333 g/mol.